The molecule has 2 nitrogen and oxygen atoms in total. The second-order valence-corrected chi connectivity index (χ2v) is 6.32. The van der Waals surface area contributed by atoms with Crippen molar-refractivity contribution >= 4 is 22.9 Å². The van der Waals surface area contributed by atoms with E-state index in [1.54, 1.807) is 11.3 Å². The summed E-state index contributed by atoms with van der Waals surface area (Å²) in [5, 5.41) is 3.01. The molecule has 0 bridgehead atoms. The molecule has 1 aliphatic carbocycles. The Morgan fingerprint density at radius 3 is 2.79 bits per heavy atom. The second-order valence-electron chi connectivity index (χ2n) is 5.19. The molecular formula is C16H17NOS. The lowest BCUT2D eigenvalue weighted by Gasteiger charge is -2.08. The predicted molar refractivity (Wildman–Crippen MR) is 80.2 cm³/mol. The van der Waals surface area contributed by atoms with Crippen LogP contribution in [-0.2, 0) is 12.8 Å². The van der Waals surface area contributed by atoms with Gasteiger partial charge < -0.3 is 5.32 Å². The van der Waals surface area contributed by atoms with E-state index in [1.165, 1.54) is 22.4 Å². The van der Waals surface area contributed by atoms with E-state index in [0.717, 1.165) is 29.0 Å². The molecule has 0 fully saturated rings. The number of hydrogen-bond acceptors (Lipinski definition) is 2. The number of carbonyl (C=O) groups is 1. The van der Waals surface area contributed by atoms with Crippen LogP contribution in [0.4, 0.5) is 5.69 Å². The molecular weight excluding hydrogens is 254 g/mol. The summed E-state index contributed by atoms with van der Waals surface area (Å²) in [7, 11) is 0. The largest absolute Gasteiger partial charge is 0.321 e. The van der Waals surface area contributed by atoms with E-state index in [0.29, 0.717) is 0 Å². The minimum absolute atomic E-state index is 0.0198. The van der Waals surface area contributed by atoms with Crippen molar-refractivity contribution in [1.82, 2.24) is 0 Å². The van der Waals surface area contributed by atoms with E-state index in [9.17, 15) is 4.79 Å². The number of benzene rings is 1. The van der Waals surface area contributed by atoms with Crippen LogP contribution in [0, 0.1) is 13.8 Å². The molecule has 1 aliphatic rings. The van der Waals surface area contributed by atoms with Gasteiger partial charge in [-0.1, -0.05) is 17.7 Å². The lowest BCUT2D eigenvalue weighted by Crippen LogP contribution is -2.11. The SMILES string of the molecule is Cc1ccc(NC(=O)c2cc3c(s2)CCC3)c(C)c1. The van der Waals surface area contributed by atoms with E-state index in [-0.39, 0.29) is 5.91 Å². The van der Waals surface area contributed by atoms with Crippen molar-refractivity contribution in [2.75, 3.05) is 5.32 Å². The van der Waals surface area contributed by atoms with Crippen LogP contribution in [-0.4, -0.2) is 5.91 Å². The van der Waals surface area contributed by atoms with Gasteiger partial charge in [-0.15, -0.1) is 11.3 Å². The normalized spacial score (nSPS) is 13.4. The lowest BCUT2D eigenvalue weighted by atomic mass is 10.1. The van der Waals surface area contributed by atoms with Crippen LogP contribution in [0.25, 0.3) is 0 Å². The van der Waals surface area contributed by atoms with Gasteiger partial charge in [0.05, 0.1) is 4.88 Å². The fourth-order valence-electron chi connectivity index (χ4n) is 2.58. The van der Waals surface area contributed by atoms with Crippen LogP contribution in [0.3, 0.4) is 0 Å². The van der Waals surface area contributed by atoms with Gasteiger partial charge in [-0.05, 0) is 56.4 Å². The van der Waals surface area contributed by atoms with Gasteiger partial charge in [-0.3, -0.25) is 4.79 Å². The van der Waals surface area contributed by atoms with Crippen molar-refractivity contribution in [3.05, 3.63) is 50.7 Å². The molecule has 98 valence electrons. The number of amides is 1. The molecule has 0 spiro atoms. The Morgan fingerprint density at radius 1 is 1.21 bits per heavy atom. The summed E-state index contributed by atoms with van der Waals surface area (Å²) in [6, 6.07) is 8.15. The second kappa shape index (κ2) is 4.82. The third kappa shape index (κ3) is 2.43. The van der Waals surface area contributed by atoms with Crippen LogP contribution < -0.4 is 5.32 Å². The van der Waals surface area contributed by atoms with E-state index >= 15 is 0 Å². The first-order valence-electron chi connectivity index (χ1n) is 6.63. The summed E-state index contributed by atoms with van der Waals surface area (Å²) in [5.74, 6) is 0.0198. The first-order valence-corrected chi connectivity index (χ1v) is 7.45. The Balaban J connectivity index is 1.80. The van der Waals surface area contributed by atoms with Crippen molar-refractivity contribution in [2.24, 2.45) is 0 Å². The fourth-order valence-corrected chi connectivity index (χ4v) is 3.73. The van der Waals surface area contributed by atoms with E-state index < -0.39 is 0 Å². The highest BCUT2D eigenvalue weighted by molar-refractivity contribution is 7.14. The van der Waals surface area contributed by atoms with E-state index in [1.807, 2.05) is 19.1 Å². The van der Waals surface area contributed by atoms with Gasteiger partial charge in [0.15, 0.2) is 0 Å². The first-order chi connectivity index (χ1) is 9.13. The predicted octanol–water partition coefficient (Wildman–Crippen LogP) is 4.11. The maximum atomic E-state index is 12.3. The Bertz CT molecular complexity index is 621. The molecule has 0 unspecified atom stereocenters. The van der Waals surface area contributed by atoms with Gasteiger partial charge in [-0.2, -0.15) is 0 Å². The molecule has 3 heteroatoms. The summed E-state index contributed by atoms with van der Waals surface area (Å²) in [5.41, 5.74) is 4.60. The summed E-state index contributed by atoms with van der Waals surface area (Å²) < 4.78 is 0. The van der Waals surface area contributed by atoms with E-state index in [2.05, 4.69) is 24.4 Å². The maximum absolute atomic E-state index is 12.3. The van der Waals surface area contributed by atoms with Crippen molar-refractivity contribution in [2.45, 2.75) is 33.1 Å². The molecule has 19 heavy (non-hydrogen) atoms. The highest BCUT2D eigenvalue weighted by atomic mass is 32.1. The van der Waals surface area contributed by atoms with Gasteiger partial charge in [-0.25, -0.2) is 0 Å². The number of carbonyl (C=O) groups excluding carboxylic acids is 1. The number of thiophene rings is 1. The van der Waals surface area contributed by atoms with Crippen LogP contribution in [0.5, 0.6) is 0 Å². The standard InChI is InChI=1S/C16H17NOS/c1-10-6-7-13(11(2)8-10)17-16(18)15-9-12-4-3-5-14(12)19-15/h6-9H,3-5H2,1-2H3,(H,17,18). The topological polar surface area (TPSA) is 29.1 Å². The maximum Gasteiger partial charge on any atom is 0.265 e. The summed E-state index contributed by atoms with van der Waals surface area (Å²) in [4.78, 5) is 14.5. The minimum Gasteiger partial charge on any atom is -0.321 e. The zero-order chi connectivity index (χ0) is 13.4. The molecule has 1 N–H and O–H groups in total. The Labute approximate surface area is 117 Å². The van der Waals surface area contributed by atoms with E-state index in [4.69, 9.17) is 0 Å². The Hall–Kier alpha value is -1.61. The highest BCUT2D eigenvalue weighted by Crippen LogP contribution is 2.31. The lowest BCUT2D eigenvalue weighted by molar-refractivity contribution is 0.103. The highest BCUT2D eigenvalue weighted by Gasteiger charge is 2.18. The monoisotopic (exact) mass is 271 g/mol. The Morgan fingerprint density at radius 2 is 2.05 bits per heavy atom. The van der Waals surface area contributed by atoms with Crippen molar-refractivity contribution in [3.8, 4) is 0 Å². The average molecular weight is 271 g/mol. The molecule has 1 aromatic heterocycles. The molecule has 0 aliphatic heterocycles. The third-order valence-electron chi connectivity index (χ3n) is 3.60. The van der Waals surface area contributed by atoms with Crippen LogP contribution in [0.1, 0.15) is 37.7 Å². The van der Waals surface area contributed by atoms with Crippen LogP contribution in [0.15, 0.2) is 24.3 Å². The summed E-state index contributed by atoms with van der Waals surface area (Å²) in [6.07, 6.45) is 3.50. The number of rotatable bonds is 2. The zero-order valence-electron chi connectivity index (χ0n) is 11.2. The molecule has 0 radical (unpaired) electrons. The number of fused-ring (bicyclic) bond motifs is 1. The Kier molecular flexibility index (Phi) is 3.15. The zero-order valence-corrected chi connectivity index (χ0v) is 12.1. The van der Waals surface area contributed by atoms with Crippen LogP contribution in [0.2, 0.25) is 0 Å². The summed E-state index contributed by atoms with van der Waals surface area (Å²) in [6.45, 7) is 4.08. The van der Waals surface area contributed by atoms with Gasteiger partial charge in [0.2, 0.25) is 0 Å². The van der Waals surface area contributed by atoms with Crippen LogP contribution >= 0.6 is 11.3 Å². The quantitative estimate of drug-likeness (QED) is 0.875. The molecule has 0 saturated carbocycles. The first kappa shape index (κ1) is 12.4. The third-order valence-corrected chi connectivity index (χ3v) is 4.84. The van der Waals surface area contributed by atoms with Crippen molar-refractivity contribution < 1.29 is 4.79 Å². The van der Waals surface area contributed by atoms with Gasteiger partial charge in [0.1, 0.15) is 0 Å². The molecule has 2 aromatic rings. The fraction of sp³-hybridized carbons (Fsp3) is 0.312. The molecule has 1 heterocycles. The van der Waals surface area contributed by atoms with Gasteiger partial charge >= 0.3 is 0 Å². The number of aryl methyl sites for hydroxylation is 4. The van der Waals surface area contributed by atoms with Crippen molar-refractivity contribution in [1.29, 1.82) is 0 Å². The number of hydrogen-bond donors (Lipinski definition) is 1. The molecule has 0 saturated heterocycles. The minimum atomic E-state index is 0.0198. The molecule has 1 amide bonds. The number of anilines is 1. The smallest absolute Gasteiger partial charge is 0.265 e. The average Bonchev–Trinajstić information content (AvgIpc) is 2.93. The number of nitrogens with one attached hydrogen (secondary N) is 1. The molecule has 0 atom stereocenters. The summed E-state index contributed by atoms with van der Waals surface area (Å²) >= 11 is 1.65. The van der Waals surface area contributed by atoms with Crippen molar-refractivity contribution in [3.63, 3.8) is 0 Å². The van der Waals surface area contributed by atoms with Gasteiger partial charge in [0, 0.05) is 10.6 Å². The molecule has 1 aromatic carbocycles. The van der Waals surface area contributed by atoms with Gasteiger partial charge in [0.25, 0.3) is 5.91 Å². The molecule has 3 rings (SSSR count).